The van der Waals surface area contributed by atoms with E-state index < -0.39 is 16.8 Å². The van der Waals surface area contributed by atoms with Gasteiger partial charge in [-0.1, -0.05) is 36.1 Å². The van der Waals surface area contributed by atoms with Crippen LogP contribution in [-0.4, -0.2) is 32.6 Å². The lowest BCUT2D eigenvalue weighted by molar-refractivity contribution is -0.384. The largest absolute Gasteiger partial charge is 0.550 e. The number of rotatable bonds is 6. The van der Waals surface area contributed by atoms with Gasteiger partial charge in [0.25, 0.3) is 11.6 Å². The van der Waals surface area contributed by atoms with Crippen LogP contribution < -0.4 is 5.11 Å². The van der Waals surface area contributed by atoms with Crippen LogP contribution in [0.5, 0.6) is 0 Å². The maximum atomic E-state index is 12.3. The number of aliphatic carboxylic acids is 1. The molecule has 1 aromatic carbocycles. The minimum absolute atomic E-state index is 0.0541. The highest BCUT2D eigenvalue weighted by molar-refractivity contribution is 8.26. The number of nitrogens with zero attached hydrogens (tertiary/aromatic N) is 2. The molecule has 2 aromatic rings. The van der Waals surface area contributed by atoms with Gasteiger partial charge in [0.2, 0.25) is 0 Å². The van der Waals surface area contributed by atoms with E-state index in [0.717, 1.165) is 11.8 Å². The second-order valence-corrected chi connectivity index (χ2v) is 7.14. The lowest BCUT2D eigenvalue weighted by Crippen LogP contribution is -2.33. The normalized spacial score (nSPS) is 15.6. The third kappa shape index (κ3) is 4.23. The van der Waals surface area contributed by atoms with Crippen LogP contribution in [0.3, 0.4) is 0 Å². The Bertz CT molecular complexity index is 981. The van der Waals surface area contributed by atoms with Gasteiger partial charge in [0, 0.05) is 42.7 Å². The zero-order valence-corrected chi connectivity index (χ0v) is 15.2. The molecule has 0 N–H and O–H groups in total. The summed E-state index contributed by atoms with van der Waals surface area (Å²) in [7, 11) is 0. The zero-order chi connectivity index (χ0) is 19.6. The highest BCUT2D eigenvalue weighted by Gasteiger charge is 2.31. The molecule has 1 amide bonds. The van der Waals surface area contributed by atoms with Crippen LogP contribution in [0.25, 0.3) is 17.4 Å². The quantitative estimate of drug-likeness (QED) is 0.312. The first-order valence-electron chi connectivity index (χ1n) is 7.65. The van der Waals surface area contributed by atoms with Crippen LogP contribution in [0.15, 0.2) is 45.7 Å². The standard InChI is InChI=1S/C17H12N2O6S2/c20-15(21)6-7-18-16(22)14(27-17(18)26)9-12-4-5-13(25-12)10-2-1-3-11(8-10)19(23)24/h1-5,8-9H,6-7H2,(H,20,21)/p-1/b14-9+. The molecule has 2 heterocycles. The lowest BCUT2D eigenvalue weighted by atomic mass is 10.1. The predicted molar refractivity (Wildman–Crippen MR) is 100 cm³/mol. The fourth-order valence-electron chi connectivity index (χ4n) is 2.38. The Kier molecular flexibility index (Phi) is 5.38. The smallest absolute Gasteiger partial charge is 0.270 e. The van der Waals surface area contributed by atoms with Gasteiger partial charge in [0.05, 0.1) is 9.83 Å². The number of thioether (sulfide) groups is 1. The van der Waals surface area contributed by atoms with E-state index >= 15 is 0 Å². The first-order valence-corrected chi connectivity index (χ1v) is 8.87. The van der Waals surface area contributed by atoms with E-state index in [1.54, 1.807) is 24.3 Å². The summed E-state index contributed by atoms with van der Waals surface area (Å²) in [4.78, 5) is 34.8. The molecule has 0 bridgehead atoms. The van der Waals surface area contributed by atoms with Gasteiger partial charge in [-0.2, -0.15) is 0 Å². The number of amides is 1. The molecule has 1 aliphatic heterocycles. The second kappa shape index (κ2) is 7.72. The Morgan fingerprint density at radius 1 is 1.33 bits per heavy atom. The minimum atomic E-state index is -1.26. The van der Waals surface area contributed by atoms with Gasteiger partial charge in [-0.15, -0.1) is 0 Å². The van der Waals surface area contributed by atoms with Crippen molar-refractivity contribution in [3.05, 3.63) is 57.2 Å². The fourth-order valence-corrected chi connectivity index (χ4v) is 3.67. The molecule has 1 saturated heterocycles. The van der Waals surface area contributed by atoms with E-state index in [4.69, 9.17) is 16.6 Å². The van der Waals surface area contributed by atoms with E-state index in [0.29, 0.717) is 22.0 Å². The Morgan fingerprint density at radius 2 is 2.11 bits per heavy atom. The second-order valence-electron chi connectivity index (χ2n) is 5.46. The van der Waals surface area contributed by atoms with Crippen molar-refractivity contribution in [2.45, 2.75) is 6.42 Å². The number of carbonyl (C=O) groups excluding carboxylic acids is 2. The number of nitro groups is 1. The highest BCUT2D eigenvalue weighted by atomic mass is 32.2. The van der Waals surface area contributed by atoms with Gasteiger partial charge < -0.3 is 14.3 Å². The van der Waals surface area contributed by atoms with E-state index in [2.05, 4.69) is 0 Å². The van der Waals surface area contributed by atoms with E-state index in [1.807, 2.05) is 0 Å². The van der Waals surface area contributed by atoms with Crippen molar-refractivity contribution < 1.29 is 24.0 Å². The summed E-state index contributed by atoms with van der Waals surface area (Å²) in [5.41, 5.74) is 0.476. The number of nitro benzene ring substituents is 1. The van der Waals surface area contributed by atoms with Crippen LogP contribution in [0.2, 0.25) is 0 Å². The molecular formula is C17H11N2O6S2-. The third-order valence-electron chi connectivity index (χ3n) is 3.65. The first kappa shape index (κ1) is 18.8. The van der Waals surface area contributed by atoms with Gasteiger partial charge in [0.15, 0.2) is 0 Å². The summed E-state index contributed by atoms with van der Waals surface area (Å²) in [6, 6.07) is 9.27. The van der Waals surface area contributed by atoms with Gasteiger partial charge in [-0.05, 0) is 12.1 Å². The Labute approximate surface area is 162 Å². The molecule has 0 spiro atoms. The molecule has 0 unspecified atom stereocenters. The average molecular weight is 403 g/mol. The predicted octanol–water partition coefficient (Wildman–Crippen LogP) is 2.20. The molecule has 0 aliphatic carbocycles. The summed E-state index contributed by atoms with van der Waals surface area (Å²) in [5, 5.41) is 21.5. The van der Waals surface area contributed by atoms with E-state index in [1.165, 1.54) is 23.1 Å². The maximum absolute atomic E-state index is 12.3. The number of hydrogen-bond acceptors (Lipinski definition) is 8. The Hall–Kier alpha value is -2.98. The molecule has 0 atom stereocenters. The topological polar surface area (TPSA) is 117 Å². The van der Waals surface area contributed by atoms with Crippen LogP contribution in [0, 0.1) is 10.1 Å². The Balaban J connectivity index is 1.80. The van der Waals surface area contributed by atoms with Gasteiger partial charge in [-0.3, -0.25) is 19.8 Å². The summed E-state index contributed by atoms with van der Waals surface area (Å²) >= 11 is 6.15. The summed E-state index contributed by atoms with van der Waals surface area (Å²) in [5.74, 6) is -0.880. The van der Waals surface area contributed by atoms with Gasteiger partial charge >= 0.3 is 0 Å². The third-order valence-corrected chi connectivity index (χ3v) is 5.03. The zero-order valence-electron chi connectivity index (χ0n) is 13.6. The summed E-state index contributed by atoms with van der Waals surface area (Å²) < 4.78 is 5.91. The molecule has 1 fully saturated rings. The lowest BCUT2D eigenvalue weighted by Gasteiger charge is -2.14. The average Bonchev–Trinajstić information content (AvgIpc) is 3.19. The van der Waals surface area contributed by atoms with Crippen molar-refractivity contribution in [2.24, 2.45) is 0 Å². The molecular weight excluding hydrogens is 392 g/mol. The van der Waals surface area contributed by atoms with Gasteiger partial charge in [-0.25, -0.2) is 0 Å². The van der Waals surface area contributed by atoms with Crippen molar-refractivity contribution in [2.75, 3.05) is 6.54 Å². The molecule has 1 aliphatic rings. The number of carboxylic acid groups (broad SMARTS) is 1. The summed E-state index contributed by atoms with van der Waals surface area (Å²) in [6.07, 6.45) is 1.19. The first-order chi connectivity index (χ1) is 12.8. The summed E-state index contributed by atoms with van der Waals surface area (Å²) in [6.45, 7) is -0.0541. The van der Waals surface area contributed by atoms with Crippen LogP contribution in [0.1, 0.15) is 12.2 Å². The molecule has 138 valence electrons. The number of carboxylic acids is 1. The number of non-ortho nitro benzene ring substituents is 1. The van der Waals surface area contributed by atoms with Gasteiger partial charge in [0.1, 0.15) is 15.8 Å². The molecule has 3 rings (SSSR count). The number of benzene rings is 1. The number of thiocarbonyl (C=S) groups is 1. The van der Waals surface area contributed by atoms with Crippen molar-refractivity contribution >= 4 is 51.9 Å². The number of furan rings is 1. The SMILES string of the molecule is O=C([O-])CCN1C(=O)/C(=C\c2ccc(-c3cccc([N+](=O)[O-])c3)o2)SC1=S. The molecule has 8 nitrogen and oxygen atoms in total. The van der Waals surface area contributed by atoms with Crippen molar-refractivity contribution in [1.82, 2.24) is 4.90 Å². The monoisotopic (exact) mass is 403 g/mol. The Morgan fingerprint density at radius 3 is 2.81 bits per heavy atom. The molecule has 0 saturated carbocycles. The van der Waals surface area contributed by atoms with Crippen molar-refractivity contribution in [3.8, 4) is 11.3 Å². The highest BCUT2D eigenvalue weighted by Crippen LogP contribution is 2.34. The molecule has 10 heteroatoms. The number of carbonyl (C=O) groups is 2. The molecule has 1 aromatic heterocycles. The van der Waals surface area contributed by atoms with Crippen molar-refractivity contribution in [1.29, 1.82) is 0 Å². The molecule has 0 radical (unpaired) electrons. The fraction of sp³-hybridized carbons (Fsp3) is 0.118. The van der Waals surface area contributed by atoms with Crippen LogP contribution in [-0.2, 0) is 9.59 Å². The minimum Gasteiger partial charge on any atom is -0.550 e. The van der Waals surface area contributed by atoms with Crippen molar-refractivity contribution in [3.63, 3.8) is 0 Å². The van der Waals surface area contributed by atoms with E-state index in [9.17, 15) is 24.8 Å². The maximum Gasteiger partial charge on any atom is 0.270 e. The van der Waals surface area contributed by atoms with E-state index in [-0.39, 0.29) is 23.0 Å². The molecule has 27 heavy (non-hydrogen) atoms. The van der Waals surface area contributed by atoms with Crippen LogP contribution >= 0.6 is 24.0 Å². The van der Waals surface area contributed by atoms with Crippen LogP contribution in [0.4, 0.5) is 5.69 Å². The number of hydrogen-bond donors (Lipinski definition) is 0.